The molecule has 9 heteroatoms. The lowest BCUT2D eigenvalue weighted by atomic mass is 9.95. The van der Waals surface area contributed by atoms with Crippen LogP contribution in [-0.2, 0) is 28.7 Å². The fraction of sp³-hybridized carbons (Fsp3) is 0.480. The van der Waals surface area contributed by atoms with Crippen molar-refractivity contribution >= 4 is 47.5 Å². The van der Waals surface area contributed by atoms with Gasteiger partial charge in [0.25, 0.3) is 0 Å². The Morgan fingerprint density at radius 2 is 1.12 bits per heavy atom. The van der Waals surface area contributed by atoms with Crippen LogP contribution in [-0.4, -0.2) is 42.0 Å². The SMILES string of the molecule is CCOC(=O)/C=C\c1cc(/C=C/C(=O)OCC)c(NC(=O)C(C)(C)C)nc1NC(=O)C(C)(C)C. The van der Waals surface area contributed by atoms with E-state index in [1.165, 1.54) is 24.3 Å². The first kappa shape index (κ1) is 28.5. The molecule has 0 aliphatic carbocycles. The monoisotopic (exact) mass is 473 g/mol. The number of ether oxygens (including phenoxy) is 2. The molecule has 0 aliphatic rings. The minimum atomic E-state index is -0.721. The summed E-state index contributed by atoms with van der Waals surface area (Å²) in [6, 6.07) is 1.59. The number of pyridine rings is 1. The topological polar surface area (TPSA) is 124 Å². The van der Waals surface area contributed by atoms with Crippen LogP contribution in [0.15, 0.2) is 18.2 Å². The number of esters is 2. The molecule has 0 fully saturated rings. The molecule has 0 aliphatic heterocycles. The van der Waals surface area contributed by atoms with Crippen molar-refractivity contribution in [3.05, 3.63) is 29.3 Å². The Hall–Kier alpha value is -3.49. The number of hydrogen-bond donors (Lipinski definition) is 2. The van der Waals surface area contributed by atoms with Crippen molar-refractivity contribution in [2.75, 3.05) is 23.8 Å². The molecular weight excluding hydrogens is 438 g/mol. The van der Waals surface area contributed by atoms with Gasteiger partial charge in [-0.3, -0.25) is 9.59 Å². The van der Waals surface area contributed by atoms with Gasteiger partial charge in [-0.2, -0.15) is 0 Å². The van der Waals surface area contributed by atoms with Crippen molar-refractivity contribution in [1.82, 2.24) is 4.98 Å². The van der Waals surface area contributed by atoms with E-state index in [1.807, 2.05) is 0 Å². The number of aromatic nitrogens is 1. The molecular formula is C25H35N3O6. The zero-order chi connectivity index (χ0) is 26.1. The number of carbonyl (C=O) groups excluding carboxylic acids is 4. The number of hydrogen-bond acceptors (Lipinski definition) is 7. The molecule has 2 N–H and O–H groups in total. The van der Waals surface area contributed by atoms with E-state index in [0.717, 1.165) is 0 Å². The van der Waals surface area contributed by atoms with Crippen LogP contribution in [0.4, 0.5) is 11.6 Å². The largest absolute Gasteiger partial charge is 0.463 e. The molecule has 9 nitrogen and oxygen atoms in total. The van der Waals surface area contributed by atoms with Crippen LogP contribution < -0.4 is 10.6 Å². The van der Waals surface area contributed by atoms with Crippen molar-refractivity contribution in [3.8, 4) is 0 Å². The molecule has 1 rings (SSSR count). The predicted molar refractivity (Wildman–Crippen MR) is 132 cm³/mol. The Kier molecular flexibility index (Phi) is 10.2. The van der Waals surface area contributed by atoms with Crippen LogP contribution in [0.25, 0.3) is 12.2 Å². The smallest absolute Gasteiger partial charge is 0.330 e. The lowest BCUT2D eigenvalue weighted by molar-refractivity contribution is -0.138. The second-order valence-electron chi connectivity index (χ2n) is 9.44. The number of nitrogens with one attached hydrogen (secondary N) is 2. The van der Waals surface area contributed by atoms with E-state index >= 15 is 0 Å². The molecule has 0 spiro atoms. The Morgan fingerprint density at radius 3 is 1.41 bits per heavy atom. The van der Waals surface area contributed by atoms with Crippen molar-refractivity contribution in [2.24, 2.45) is 10.8 Å². The van der Waals surface area contributed by atoms with Crippen molar-refractivity contribution in [1.29, 1.82) is 0 Å². The van der Waals surface area contributed by atoms with Gasteiger partial charge in [0.1, 0.15) is 11.6 Å². The third-order valence-electron chi connectivity index (χ3n) is 4.28. The summed E-state index contributed by atoms with van der Waals surface area (Å²) in [4.78, 5) is 53.5. The van der Waals surface area contributed by atoms with Gasteiger partial charge in [-0.15, -0.1) is 0 Å². The molecule has 186 valence electrons. The molecule has 1 aromatic heterocycles. The maximum Gasteiger partial charge on any atom is 0.330 e. The van der Waals surface area contributed by atoms with Gasteiger partial charge < -0.3 is 20.1 Å². The summed E-state index contributed by atoms with van der Waals surface area (Å²) in [6.45, 7) is 14.3. The van der Waals surface area contributed by atoms with Gasteiger partial charge in [0.15, 0.2) is 0 Å². The van der Waals surface area contributed by atoms with E-state index in [4.69, 9.17) is 9.47 Å². The minimum absolute atomic E-state index is 0.137. The lowest BCUT2D eigenvalue weighted by Gasteiger charge is -2.21. The summed E-state index contributed by atoms with van der Waals surface area (Å²) in [5.41, 5.74) is -0.687. The van der Waals surface area contributed by atoms with Crippen LogP contribution in [0, 0.1) is 10.8 Å². The van der Waals surface area contributed by atoms with E-state index < -0.39 is 22.8 Å². The number of rotatable bonds is 8. The third-order valence-corrected chi connectivity index (χ3v) is 4.28. The number of carbonyl (C=O) groups is 4. The molecule has 1 aromatic rings. The van der Waals surface area contributed by atoms with Crippen LogP contribution in [0.5, 0.6) is 0 Å². The van der Waals surface area contributed by atoms with Crippen LogP contribution in [0.2, 0.25) is 0 Å². The number of amides is 2. The van der Waals surface area contributed by atoms with E-state index in [-0.39, 0.29) is 36.7 Å². The summed E-state index contributed by atoms with van der Waals surface area (Å²) in [5, 5.41) is 5.50. The van der Waals surface area contributed by atoms with Gasteiger partial charge in [-0.25, -0.2) is 14.6 Å². The summed E-state index contributed by atoms with van der Waals surface area (Å²) in [5.74, 6) is -1.48. The molecule has 34 heavy (non-hydrogen) atoms. The Balaban J connectivity index is 3.65. The lowest BCUT2D eigenvalue weighted by Crippen LogP contribution is -2.30. The maximum atomic E-state index is 12.7. The molecule has 0 saturated heterocycles. The quantitative estimate of drug-likeness (QED) is 0.428. The average Bonchev–Trinajstić information content (AvgIpc) is 2.71. The highest BCUT2D eigenvalue weighted by atomic mass is 16.5. The molecule has 0 bridgehead atoms. The van der Waals surface area contributed by atoms with Crippen molar-refractivity contribution in [2.45, 2.75) is 55.4 Å². The van der Waals surface area contributed by atoms with Gasteiger partial charge in [0, 0.05) is 34.1 Å². The van der Waals surface area contributed by atoms with E-state index in [2.05, 4.69) is 15.6 Å². The first-order valence-corrected chi connectivity index (χ1v) is 11.1. The highest BCUT2D eigenvalue weighted by Gasteiger charge is 2.25. The fourth-order valence-electron chi connectivity index (χ4n) is 2.29. The highest BCUT2D eigenvalue weighted by molar-refractivity contribution is 6.00. The predicted octanol–water partition coefficient (Wildman–Crippen LogP) is 4.20. The summed E-state index contributed by atoms with van der Waals surface area (Å²) >= 11 is 0. The third kappa shape index (κ3) is 9.17. The van der Waals surface area contributed by atoms with Crippen LogP contribution in [0.1, 0.15) is 66.5 Å². The zero-order valence-corrected chi connectivity index (χ0v) is 21.2. The van der Waals surface area contributed by atoms with Gasteiger partial charge in [0.2, 0.25) is 11.8 Å². The first-order valence-electron chi connectivity index (χ1n) is 11.1. The van der Waals surface area contributed by atoms with Gasteiger partial charge in [-0.05, 0) is 32.1 Å². The highest BCUT2D eigenvalue weighted by Crippen LogP contribution is 2.28. The molecule has 0 saturated carbocycles. The van der Waals surface area contributed by atoms with Gasteiger partial charge >= 0.3 is 11.9 Å². The average molecular weight is 474 g/mol. The molecule has 0 radical (unpaired) electrons. The van der Waals surface area contributed by atoms with Crippen molar-refractivity contribution < 1.29 is 28.7 Å². The second kappa shape index (κ2) is 12.1. The van der Waals surface area contributed by atoms with E-state index in [9.17, 15) is 19.2 Å². The summed E-state index contributed by atoms with van der Waals surface area (Å²) in [6.07, 6.45) is 5.31. The first-order chi connectivity index (χ1) is 15.7. The standard InChI is InChI=1S/C25H35N3O6/c1-9-33-18(29)13-11-16-15-17(12-14-19(30)34-10-2)21(28-23(32)25(6,7)8)26-20(16)27-22(31)24(3,4)5/h11-15H,9-10H2,1-8H3,(H2,26,27,28,31,32)/b13-11-,14-12+. The Labute approximate surface area is 201 Å². The van der Waals surface area contributed by atoms with Crippen LogP contribution in [0.3, 0.4) is 0 Å². The van der Waals surface area contributed by atoms with Gasteiger partial charge in [-0.1, -0.05) is 41.5 Å². The Bertz CT molecular complexity index is 906. The van der Waals surface area contributed by atoms with Gasteiger partial charge in [0.05, 0.1) is 13.2 Å². The number of anilines is 2. The van der Waals surface area contributed by atoms with Crippen molar-refractivity contribution in [3.63, 3.8) is 0 Å². The normalized spacial score (nSPS) is 12.0. The summed E-state index contributed by atoms with van der Waals surface area (Å²) in [7, 11) is 0. The molecule has 0 unspecified atom stereocenters. The Morgan fingerprint density at radius 1 is 0.765 bits per heavy atom. The fourth-order valence-corrected chi connectivity index (χ4v) is 2.29. The van der Waals surface area contributed by atoms with E-state index in [0.29, 0.717) is 11.1 Å². The minimum Gasteiger partial charge on any atom is -0.463 e. The maximum absolute atomic E-state index is 12.7. The summed E-state index contributed by atoms with van der Waals surface area (Å²) < 4.78 is 9.85. The molecule has 0 atom stereocenters. The molecule has 2 amide bonds. The van der Waals surface area contributed by atoms with Crippen LogP contribution >= 0.6 is 0 Å². The van der Waals surface area contributed by atoms with E-state index in [1.54, 1.807) is 61.5 Å². The molecule has 0 aromatic carbocycles. The molecule has 1 heterocycles. The second-order valence-corrected chi connectivity index (χ2v) is 9.44. The number of nitrogens with zero attached hydrogens (tertiary/aromatic N) is 1. The zero-order valence-electron chi connectivity index (χ0n) is 21.2.